The summed E-state index contributed by atoms with van der Waals surface area (Å²) >= 11 is 0. The fourth-order valence-corrected chi connectivity index (χ4v) is 1.67. The normalized spacial score (nSPS) is 12.5. The molecule has 82 valence electrons. The fraction of sp³-hybridized carbons (Fsp3) is 0.364. The van der Waals surface area contributed by atoms with Gasteiger partial charge in [-0.2, -0.15) is 0 Å². The van der Waals surface area contributed by atoms with Crippen LogP contribution in [-0.2, 0) is 4.79 Å². The second-order valence-corrected chi connectivity index (χ2v) is 3.63. The summed E-state index contributed by atoms with van der Waals surface area (Å²) < 4.78 is 13.1. The van der Waals surface area contributed by atoms with E-state index < -0.39 is 23.5 Å². The number of phenols is 1. The highest BCUT2D eigenvalue weighted by Gasteiger charge is 2.18. The van der Waals surface area contributed by atoms with Crippen molar-refractivity contribution in [3.63, 3.8) is 0 Å². The van der Waals surface area contributed by atoms with Crippen LogP contribution in [0.4, 0.5) is 4.39 Å². The number of carboxylic acids is 1. The van der Waals surface area contributed by atoms with Crippen molar-refractivity contribution in [3.05, 3.63) is 29.1 Å². The number of carbonyl (C=O) groups is 1. The Morgan fingerprint density at radius 3 is 2.67 bits per heavy atom. The maximum atomic E-state index is 13.1. The van der Waals surface area contributed by atoms with Crippen molar-refractivity contribution >= 4 is 5.97 Å². The number of aliphatic carboxylic acids is 1. The van der Waals surface area contributed by atoms with E-state index in [1.807, 2.05) is 0 Å². The summed E-state index contributed by atoms with van der Waals surface area (Å²) in [4.78, 5) is 10.5. The van der Waals surface area contributed by atoms with Crippen LogP contribution in [0.5, 0.6) is 5.75 Å². The predicted molar refractivity (Wildman–Crippen MR) is 53.5 cm³/mol. The first-order valence-electron chi connectivity index (χ1n) is 4.63. The molecule has 4 heteroatoms. The predicted octanol–water partition coefficient (Wildman–Crippen LogP) is 2.42. The van der Waals surface area contributed by atoms with E-state index >= 15 is 0 Å². The Morgan fingerprint density at radius 1 is 1.53 bits per heavy atom. The lowest BCUT2D eigenvalue weighted by Crippen LogP contribution is -2.05. The SMILES string of the molecule is Cc1ccc(F)c(O)c1C(C)CC(=O)O. The maximum Gasteiger partial charge on any atom is 0.303 e. The van der Waals surface area contributed by atoms with Gasteiger partial charge in [0.15, 0.2) is 11.6 Å². The molecule has 1 atom stereocenters. The molecular weight excluding hydrogens is 199 g/mol. The Bertz CT molecular complexity index is 388. The summed E-state index contributed by atoms with van der Waals surface area (Å²) in [5, 5.41) is 18.1. The second-order valence-electron chi connectivity index (χ2n) is 3.63. The van der Waals surface area contributed by atoms with Crippen molar-refractivity contribution in [1.82, 2.24) is 0 Å². The van der Waals surface area contributed by atoms with E-state index in [4.69, 9.17) is 5.11 Å². The molecule has 1 unspecified atom stereocenters. The molecule has 1 aromatic carbocycles. The summed E-state index contributed by atoms with van der Waals surface area (Å²) in [7, 11) is 0. The molecule has 0 spiro atoms. The van der Waals surface area contributed by atoms with Crippen molar-refractivity contribution in [1.29, 1.82) is 0 Å². The van der Waals surface area contributed by atoms with E-state index in [1.165, 1.54) is 12.1 Å². The lowest BCUT2D eigenvalue weighted by atomic mass is 9.92. The van der Waals surface area contributed by atoms with Gasteiger partial charge in [-0.3, -0.25) is 4.79 Å². The molecule has 0 saturated heterocycles. The van der Waals surface area contributed by atoms with Gasteiger partial charge in [-0.1, -0.05) is 13.0 Å². The number of hydrogen-bond acceptors (Lipinski definition) is 2. The van der Waals surface area contributed by atoms with Crippen LogP contribution in [0.15, 0.2) is 12.1 Å². The highest BCUT2D eigenvalue weighted by atomic mass is 19.1. The van der Waals surface area contributed by atoms with Gasteiger partial charge in [-0.15, -0.1) is 0 Å². The standard InChI is InChI=1S/C11H13FO3/c1-6-3-4-8(12)11(15)10(6)7(2)5-9(13)14/h3-4,7,15H,5H2,1-2H3,(H,13,14). The summed E-state index contributed by atoms with van der Waals surface area (Å²) in [6.45, 7) is 3.36. The van der Waals surface area contributed by atoms with Crippen LogP contribution in [0, 0.1) is 12.7 Å². The van der Waals surface area contributed by atoms with E-state index in [1.54, 1.807) is 13.8 Å². The van der Waals surface area contributed by atoms with Crippen LogP contribution >= 0.6 is 0 Å². The number of aryl methyl sites for hydroxylation is 1. The van der Waals surface area contributed by atoms with Crippen molar-refractivity contribution in [2.24, 2.45) is 0 Å². The van der Waals surface area contributed by atoms with E-state index in [0.717, 1.165) is 0 Å². The molecule has 1 aromatic rings. The van der Waals surface area contributed by atoms with Crippen LogP contribution in [-0.4, -0.2) is 16.2 Å². The molecule has 0 aliphatic heterocycles. The van der Waals surface area contributed by atoms with Crippen molar-refractivity contribution in [2.45, 2.75) is 26.2 Å². The summed E-state index contributed by atoms with van der Waals surface area (Å²) in [6.07, 6.45) is -0.127. The van der Waals surface area contributed by atoms with Crippen LogP contribution in [0.25, 0.3) is 0 Å². The fourth-order valence-electron chi connectivity index (χ4n) is 1.67. The third-order valence-electron chi connectivity index (χ3n) is 2.36. The molecule has 0 heterocycles. The molecule has 0 radical (unpaired) electrons. The van der Waals surface area contributed by atoms with Crippen molar-refractivity contribution in [2.75, 3.05) is 0 Å². The van der Waals surface area contributed by atoms with E-state index in [-0.39, 0.29) is 6.42 Å². The second kappa shape index (κ2) is 4.29. The van der Waals surface area contributed by atoms with Crippen LogP contribution < -0.4 is 0 Å². The van der Waals surface area contributed by atoms with E-state index in [9.17, 15) is 14.3 Å². The number of hydrogen-bond donors (Lipinski definition) is 2. The Labute approximate surface area is 87.2 Å². The topological polar surface area (TPSA) is 57.5 Å². The molecule has 0 aromatic heterocycles. The summed E-state index contributed by atoms with van der Waals surface area (Å²) in [6, 6.07) is 2.70. The zero-order chi connectivity index (χ0) is 11.6. The Hall–Kier alpha value is -1.58. The largest absolute Gasteiger partial charge is 0.505 e. The lowest BCUT2D eigenvalue weighted by Gasteiger charge is -2.14. The molecule has 3 nitrogen and oxygen atoms in total. The van der Waals surface area contributed by atoms with Gasteiger partial charge < -0.3 is 10.2 Å². The number of halogens is 1. The smallest absolute Gasteiger partial charge is 0.303 e. The van der Waals surface area contributed by atoms with Crippen LogP contribution in [0.3, 0.4) is 0 Å². The molecule has 0 aliphatic rings. The average Bonchev–Trinajstić information content (AvgIpc) is 2.11. The first-order valence-corrected chi connectivity index (χ1v) is 4.63. The van der Waals surface area contributed by atoms with Gasteiger partial charge in [-0.25, -0.2) is 4.39 Å². The first-order chi connectivity index (χ1) is 6.93. The zero-order valence-corrected chi connectivity index (χ0v) is 8.62. The van der Waals surface area contributed by atoms with Crippen molar-refractivity contribution in [3.8, 4) is 5.75 Å². The van der Waals surface area contributed by atoms with Gasteiger partial charge in [0.1, 0.15) is 0 Å². The molecule has 0 aliphatic carbocycles. The van der Waals surface area contributed by atoms with Gasteiger partial charge in [-0.05, 0) is 24.5 Å². The summed E-state index contributed by atoms with van der Waals surface area (Å²) in [5.74, 6) is -2.53. The first kappa shape index (κ1) is 11.5. The zero-order valence-electron chi connectivity index (χ0n) is 8.62. The molecule has 0 fully saturated rings. The van der Waals surface area contributed by atoms with Crippen molar-refractivity contribution < 1.29 is 19.4 Å². The van der Waals surface area contributed by atoms with Crippen LogP contribution in [0.2, 0.25) is 0 Å². The lowest BCUT2D eigenvalue weighted by molar-refractivity contribution is -0.137. The minimum atomic E-state index is -0.967. The van der Waals surface area contributed by atoms with Gasteiger partial charge >= 0.3 is 5.97 Å². The van der Waals surface area contributed by atoms with Gasteiger partial charge in [0.05, 0.1) is 6.42 Å². The molecule has 2 N–H and O–H groups in total. The minimum absolute atomic E-state index is 0.127. The average molecular weight is 212 g/mol. The highest BCUT2D eigenvalue weighted by Crippen LogP contribution is 2.32. The number of phenolic OH excluding ortho intramolecular Hbond substituents is 1. The van der Waals surface area contributed by atoms with E-state index in [0.29, 0.717) is 11.1 Å². The Morgan fingerprint density at radius 2 is 2.13 bits per heavy atom. The van der Waals surface area contributed by atoms with Crippen LogP contribution in [0.1, 0.15) is 30.4 Å². The molecule has 0 saturated carbocycles. The quantitative estimate of drug-likeness (QED) is 0.808. The number of rotatable bonds is 3. The Kier molecular flexibility index (Phi) is 3.29. The maximum absolute atomic E-state index is 13.1. The minimum Gasteiger partial charge on any atom is -0.505 e. The molecule has 0 bridgehead atoms. The third kappa shape index (κ3) is 2.46. The van der Waals surface area contributed by atoms with Gasteiger partial charge in [0.25, 0.3) is 0 Å². The monoisotopic (exact) mass is 212 g/mol. The molecule has 15 heavy (non-hydrogen) atoms. The molecule has 1 rings (SSSR count). The Balaban J connectivity index is 3.12. The third-order valence-corrected chi connectivity index (χ3v) is 2.36. The highest BCUT2D eigenvalue weighted by molar-refractivity contribution is 5.68. The number of benzene rings is 1. The van der Waals surface area contributed by atoms with E-state index in [2.05, 4.69) is 0 Å². The summed E-state index contributed by atoms with van der Waals surface area (Å²) in [5.41, 5.74) is 1.07. The number of aromatic hydroxyl groups is 1. The van der Waals surface area contributed by atoms with Gasteiger partial charge in [0, 0.05) is 5.56 Å². The molecular formula is C11H13FO3. The molecule has 0 amide bonds. The number of carboxylic acid groups (broad SMARTS) is 1. The van der Waals surface area contributed by atoms with Gasteiger partial charge in [0.2, 0.25) is 0 Å².